The van der Waals surface area contributed by atoms with E-state index in [1.807, 2.05) is 5.38 Å². The van der Waals surface area contributed by atoms with Gasteiger partial charge in [0, 0.05) is 48.5 Å². The van der Waals surface area contributed by atoms with Gasteiger partial charge >= 0.3 is 0 Å². The Hall–Kier alpha value is -2.22. The molecule has 0 spiro atoms. The number of nitrogens with zero attached hydrogens (tertiary/aromatic N) is 4. The Morgan fingerprint density at radius 1 is 1.19 bits per heavy atom. The Morgan fingerprint density at radius 3 is 2.81 bits per heavy atom. The number of β-amino-alcohol motifs (C(OH)–C–C–N with tert-alkyl or cyclic N) is 1. The van der Waals surface area contributed by atoms with E-state index >= 15 is 0 Å². The summed E-state index contributed by atoms with van der Waals surface area (Å²) in [6.07, 6.45) is 5.45. The standard InChI is InChI=1S/C19H19FN4OS/c20-15-3-1-13(2-4-15)17-12-26-19(23-17)11-24-9-14(18(25)10-24)7-16-8-21-5-6-22-16/h1-6,8,12,14,18,25H,7,9-11H2/t14-,18-/m1/s1. The van der Waals surface area contributed by atoms with Crippen LogP contribution in [0, 0.1) is 11.7 Å². The van der Waals surface area contributed by atoms with Crippen molar-refractivity contribution in [1.82, 2.24) is 19.9 Å². The van der Waals surface area contributed by atoms with Gasteiger partial charge in [0.1, 0.15) is 10.8 Å². The first-order valence-electron chi connectivity index (χ1n) is 8.53. The Balaban J connectivity index is 1.38. The third-order valence-electron chi connectivity index (χ3n) is 4.62. The number of likely N-dealkylation sites (tertiary alicyclic amines) is 1. The number of hydrogen-bond donors (Lipinski definition) is 1. The summed E-state index contributed by atoms with van der Waals surface area (Å²) >= 11 is 1.59. The molecule has 0 amide bonds. The Bertz CT molecular complexity index is 855. The van der Waals surface area contributed by atoms with Crippen molar-refractivity contribution in [3.63, 3.8) is 0 Å². The van der Waals surface area contributed by atoms with Gasteiger partial charge in [-0.2, -0.15) is 0 Å². The van der Waals surface area contributed by atoms with Gasteiger partial charge in [-0.25, -0.2) is 9.37 Å². The highest BCUT2D eigenvalue weighted by Gasteiger charge is 2.32. The SMILES string of the molecule is O[C@@H]1CN(Cc2nc(-c3ccc(F)cc3)cs2)C[C@H]1Cc1cnccn1. The quantitative estimate of drug-likeness (QED) is 0.748. The van der Waals surface area contributed by atoms with E-state index < -0.39 is 0 Å². The zero-order chi connectivity index (χ0) is 17.9. The van der Waals surface area contributed by atoms with Crippen molar-refractivity contribution >= 4 is 11.3 Å². The van der Waals surface area contributed by atoms with Gasteiger partial charge in [-0.15, -0.1) is 11.3 Å². The van der Waals surface area contributed by atoms with Crippen LogP contribution >= 0.6 is 11.3 Å². The average molecular weight is 370 g/mol. The molecule has 1 aliphatic rings. The minimum atomic E-state index is -0.367. The maximum atomic E-state index is 13.1. The number of halogens is 1. The van der Waals surface area contributed by atoms with Crippen LogP contribution in [0.15, 0.2) is 48.2 Å². The molecule has 3 aromatic rings. The van der Waals surface area contributed by atoms with Crippen LogP contribution in [0.2, 0.25) is 0 Å². The summed E-state index contributed by atoms with van der Waals surface area (Å²) in [5, 5.41) is 13.4. The van der Waals surface area contributed by atoms with Gasteiger partial charge in [0.25, 0.3) is 0 Å². The van der Waals surface area contributed by atoms with Gasteiger partial charge in [-0.3, -0.25) is 14.9 Å². The summed E-state index contributed by atoms with van der Waals surface area (Å²) in [5.41, 5.74) is 2.68. The number of hydrogen-bond acceptors (Lipinski definition) is 6. The van der Waals surface area contributed by atoms with Crippen LogP contribution in [0.5, 0.6) is 0 Å². The molecule has 3 heterocycles. The summed E-state index contributed by atoms with van der Waals surface area (Å²) in [6.45, 7) is 2.15. The first kappa shape index (κ1) is 17.2. The molecule has 7 heteroatoms. The number of thiazole rings is 1. The zero-order valence-electron chi connectivity index (χ0n) is 14.1. The molecular weight excluding hydrogens is 351 g/mol. The molecule has 0 saturated carbocycles. The van der Waals surface area contributed by atoms with E-state index in [0.717, 1.165) is 34.9 Å². The third-order valence-corrected chi connectivity index (χ3v) is 5.45. The predicted octanol–water partition coefficient (Wildman–Crippen LogP) is 2.77. The second-order valence-corrected chi connectivity index (χ2v) is 7.50. The van der Waals surface area contributed by atoms with Gasteiger partial charge in [0.2, 0.25) is 0 Å². The molecule has 134 valence electrons. The second-order valence-electron chi connectivity index (χ2n) is 6.56. The highest BCUT2D eigenvalue weighted by molar-refractivity contribution is 7.09. The lowest BCUT2D eigenvalue weighted by Gasteiger charge is -2.13. The van der Waals surface area contributed by atoms with Crippen LogP contribution < -0.4 is 0 Å². The minimum Gasteiger partial charge on any atom is -0.391 e. The van der Waals surface area contributed by atoms with E-state index in [-0.39, 0.29) is 17.8 Å². The van der Waals surface area contributed by atoms with Crippen molar-refractivity contribution in [2.75, 3.05) is 13.1 Å². The molecule has 1 aromatic carbocycles. The van der Waals surface area contributed by atoms with E-state index in [0.29, 0.717) is 13.1 Å². The van der Waals surface area contributed by atoms with Crippen LogP contribution in [-0.4, -0.2) is 44.2 Å². The number of rotatable bonds is 5. The Morgan fingerprint density at radius 2 is 2.04 bits per heavy atom. The normalized spacial score (nSPS) is 20.5. The van der Waals surface area contributed by atoms with Gasteiger partial charge in [0.15, 0.2) is 0 Å². The van der Waals surface area contributed by atoms with Crippen LogP contribution in [0.4, 0.5) is 4.39 Å². The van der Waals surface area contributed by atoms with Crippen LogP contribution in [-0.2, 0) is 13.0 Å². The summed E-state index contributed by atoms with van der Waals surface area (Å²) in [6, 6.07) is 6.37. The molecule has 0 bridgehead atoms. The maximum absolute atomic E-state index is 13.1. The number of benzene rings is 1. The number of aliphatic hydroxyl groups excluding tert-OH is 1. The van der Waals surface area contributed by atoms with Crippen molar-refractivity contribution in [3.05, 3.63) is 64.8 Å². The van der Waals surface area contributed by atoms with Gasteiger partial charge in [0.05, 0.1) is 24.0 Å². The summed E-state index contributed by atoms with van der Waals surface area (Å²) in [5.74, 6) is -0.0902. The molecule has 5 nitrogen and oxygen atoms in total. The molecule has 1 aliphatic heterocycles. The van der Waals surface area contributed by atoms with Gasteiger partial charge in [-0.05, 0) is 30.7 Å². The number of aromatic nitrogens is 3. The molecule has 2 aromatic heterocycles. The van der Waals surface area contributed by atoms with E-state index in [9.17, 15) is 9.50 Å². The smallest absolute Gasteiger partial charge is 0.123 e. The van der Waals surface area contributed by atoms with E-state index in [1.54, 1.807) is 42.1 Å². The lowest BCUT2D eigenvalue weighted by atomic mass is 10.0. The van der Waals surface area contributed by atoms with Crippen molar-refractivity contribution in [1.29, 1.82) is 0 Å². The molecule has 4 rings (SSSR count). The molecule has 1 saturated heterocycles. The van der Waals surface area contributed by atoms with Crippen LogP contribution in [0.1, 0.15) is 10.7 Å². The molecule has 1 fully saturated rings. The fourth-order valence-corrected chi connectivity index (χ4v) is 4.15. The van der Waals surface area contributed by atoms with E-state index in [4.69, 9.17) is 0 Å². The maximum Gasteiger partial charge on any atom is 0.123 e. The molecule has 2 atom stereocenters. The summed E-state index contributed by atoms with van der Waals surface area (Å²) in [4.78, 5) is 15.3. The van der Waals surface area contributed by atoms with Crippen molar-refractivity contribution < 1.29 is 9.50 Å². The fraction of sp³-hybridized carbons (Fsp3) is 0.316. The summed E-state index contributed by atoms with van der Waals surface area (Å²) < 4.78 is 13.1. The highest BCUT2D eigenvalue weighted by Crippen LogP contribution is 2.26. The minimum absolute atomic E-state index is 0.156. The largest absolute Gasteiger partial charge is 0.391 e. The average Bonchev–Trinajstić information content (AvgIpc) is 3.24. The first-order valence-corrected chi connectivity index (χ1v) is 9.41. The molecule has 0 aliphatic carbocycles. The van der Waals surface area contributed by atoms with Gasteiger partial charge in [-0.1, -0.05) is 0 Å². The lowest BCUT2D eigenvalue weighted by molar-refractivity contribution is 0.140. The molecule has 0 radical (unpaired) electrons. The highest BCUT2D eigenvalue weighted by atomic mass is 32.1. The molecular formula is C19H19FN4OS. The Kier molecular flexibility index (Phi) is 5.01. The van der Waals surface area contributed by atoms with E-state index in [2.05, 4.69) is 19.9 Å². The summed E-state index contributed by atoms with van der Waals surface area (Å²) in [7, 11) is 0. The third kappa shape index (κ3) is 3.95. The molecule has 1 N–H and O–H groups in total. The zero-order valence-corrected chi connectivity index (χ0v) is 14.9. The molecule has 26 heavy (non-hydrogen) atoms. The molecule has 0 unspecified atom stereocenters. The lowest BCUT2D eigenvalue weighted by Crippen LogP contribution is -2.21. The second kappa shape index (κ2) is 7.57. The Labute approximate surface area is 155 Å². The van der Waals surface area contributed by atoms with Crippen LogP contribution in [0.3, 0.4) is 0 Å². The topological polar surface area (TPSA) is 62.1 Å². The van der Waals surface area contributed by atoms with Crippen molar-refractivity contribution in [2.24, 2.45) is 5.92 Å². The predicted molar refractivity (Wildman–Crippen MR) is 98.0 cm³/mol. The van der Waals surface area contributed by atoms with Gasteiger partial charge < -0.3 is 5.11 Å². The van der Waals surface area contributed by atoms with Crippen LogP contribution in [0.25, 0.3) is 11.3 Å². The monoisotopic (exact) mass is 370 g/mol. The fourth-order valence-electron chi connectivity index (χ4n) is 3.30. The van der Waals surface area contributed by atoms with E-state index in [1.165, 1.54) is 12.1 Å². The number of aliphatic hydroxyl groups is 1. The van der Waals surface area contributed by atoms with Crippen molar-refractivity contribution in [3.8, 4) is 11.3 Å². The first-order chi connectivity index (χ1) is 12.7. The van der Waals surface area contributed by atoms with Crippen molar-refractivity contribution in [2.45, 2.75) is 19.1 Å².